The average molecular weight is 232 g/mol. The summed E-state index contributed by atoms with van der Waals surface area (Å²) < 4.78 is 12.2. The molecule has 0 saturated carbocycles. The fourth-order valence-electron chi connectivity index (χ4n) is 1.78. The number of rotatable bonds is 1. The lowest BCUT2D eigenvalue weighted by atomic mass is 10.1. The number of nitrogens with zero attached hydrogens (tertiary/aromatic N) is 2. The molecule has 17 heavy (non-hydrogen) atoms. The highest BCUT2D eigenvalue weighted by Crippen LogP contribution is 2.35. The van der Waals surface area contributed by atoms with Crippen molar-refractivity contribution in [1.82, 2.24) is 9.66 Å². The second kappa shape index (κ2) is 3.58. The lowest BCUT2D eigenvalue weighted by molar-refractivity contribution is 0.171. The molecule has 2 heterocycles. The van der Waals surface area contributed by atoms with Gasteiger partial charge >= 0.3 is 0 Å². The van der Waals surface area contributed by atoms with Gasteiger partial charge in [-0.05, 0) is 18.2 Å². The van der Waals surface area contributed by atoms with E-state index in [1.165, 1.54) is 11.0 Å². The number of nitrogens with two attached hydrogens (primary N) is 2. The Balaban J connectivity index is 2.07. The average Bonchev–Trinajstić information content (AvgIpc) is 2.70. The normalized spacial score (nSPS) is 13.6. The monoisotopic (exact) mass is 232 g/mol. The molecule has 0 unspecified atom stereocenters. The van der Waals surface area contributed by atoms with Crippen LogP contribution in [0.15, 0.2) is 24.5 Å². The van der Waals surface area contributed by atoms with E-state index in [0.717, 1.165) is 11.3 Å². The first kappa shape index (κ1) is 9.83. The summed E-state index contributed by atoms with van der Waals surface area (Å²) in [7, 11) is 0. The van der Waals surface area contributed by atoms with E-state index < -0.39 is 0 Å². The molecule has 4 N–H and O–H groups in total. The van der Waals surface area contributed by atoms with Crippen LogP contribution >= 0.6 is 0 Å². The minimum atomic E-state index is 0.418. The second-order valence-corrected chi connectivity index (χ2v) is 3.74. The third kappa shape index (κ3) is 1.54. The van der Waals surface area contributed by atoms with Crippen molar-refractivity contribution in [2.75, 3.05) is 24.8 Å². The predicted molar refractivity (Wildman–Crippen MR) is 63.2 cm³/mol. The van der Waals surface area contributed by atoms with Crippen molar-refractivity contribution in [1.29, 1.82) is 0 Å². The zero-order valence-corrected chi connectivity index (χ0v) is 9.09. The van der Waals surface area contributed by atoms with Crippen LogP contribution in [0.4, 0.5) is 5.82 Å². The van der Waals surface area contributed by atoms with Gasteiger partial charge in [-0.3, -0.25) is 0 Å². The maximum absolute atomic E-state index is 5.81. The number of ether oxygens (including phenoxy) is 2. The highest BCUT2D eigenvalue weighted by molar-refractivity contribution is 5.72. The highest BCUT2D eigenvalue weighted by Gasteiger charge is 2.15. The molecule has 0 amide bonds. The topological polar surface area (TPSA) is 88.3 Å². The summed E-state index contributed by atoms with van der Waals surface area (Å²) in [6, 6.07) is 5.58. The molecule has 0 spiro atoms. The smallest absolute Gasteiger partial charge is 0.162 e. The Bertz CT molecular complexity index is 565. The molecule has 0 bridgehead atoms. The van der Waals surface area contributed by atoms with Gasteiger partial charge in [-0.2, -0.15) is 0 Å². The van der Waals surface area contributed by atoms with Gasteiger partial charge in [0.05, 0.1) is 0 Å². The van der Waals surface area contributed by atoms with Gasteiger partial charge in [0.2, 0.25) is 0 Å². The van der Waals surface area contributed by atoms with Gasteiger partial charge in [-0.25, -0.2) is 9.66 Å². The van der Waals surface area contributed by atoms with Gasteiger partial charge in [0.1, 0.15) is 31.1 Å². The van der Waals surface area contributed by atoms with E-state index in [1.54, 1.807) is 0 Å². The first-order valence-electron chi connectivity index (χ1n) is 5.23. The van der Waals surface area contributed by atoms with Crippen LogP contribution in [0.1, 0.15) is 0 Å². The van der Waals surface area contributed by atoms with Crippen LogP contribution in [0, 0.1) is 0 Å². The van der Waals surface area contributed by atoms with Crippen LogP contribution in [0.3, 0.4) is 0 Å². The fraction of sp³-hybridized carbons (Fsp3) is 0.182. The molecule has 3 rings (SSSR count). The maximum atomic E-state index is 5.81. The highest BCUT2D eigenvalue weighted by atomic mass is 16.6. The third-order valence-corrected chi connectivity index (χ3v) is 2.65. The molecule has 2 aromatic rings. The summed E-state index contributed by atoms with van der Waals surface area (Å²) in [4.78, 5) is 4.15. The number of nitrogen functional groups attached to an aromatic ring is 2. The summed E-state index contributed by atoms with van der Waals surface area (Å²) in [6.07, 6.45) is 1.47. The van der Waals surface area contributed by atoms with Crippen LogP contribution in [0.2, 0.25) is 0 Å². The number of hydrogen-bond acceptors (Lipinski definition) is 5. The first-order chi connectivity index (χ1) is 8.25. The molecule has 1 aromatic carbocycles. The van der Waals surface area contributed by atoms with Gasteiger partial charge < -0.3 is 21.1 Å². The Labute approximate surface area is 97.7 Å². The molecule has 0 radical (unpaired) electrons. The minimum absolute atomic E-state index is 0.418. The maximum Gasteiger partial charge on any atom is 0.162 e. The van der Waals surface area contributed by atoms with Gasteiger partial charge in [0, 0.05) is 5.56 Å². The van der Waals surface area contributed by atoms with E-state index in [-0.39, 0.29) is 0 Å². The number of aromatic nitrogens is 2. The Kier molecular flexibility index (Phi) is 2.07. The fourth-order valence-corrected chi connectivity index (χ4v) is 1.78. The van der Waals surface area contributed by atoms with Crippen molar-refractivity contribution in [3.63, 3.8) is 0 Å². The molecule has 1 aliphatic rings. The summed E-state index contributed by atoms with van der Waals surface area (Å²) in [5, 5.41) is 0. The molecule has 6 heteroatoms. The van der Waals surface area contributed by atoms with Gasteiger partial charge in [0.25, 0.3) is 0 Å². The van der Waals surface area contributed by atoms with E-state index in [2.05, 4.69) is 4.98 Å². The summed E-state index contributed by atoms with van der Waals surface area (Å²) in [5.41, 5.74) is 7.31. The van der Waals surface area contributed by atoms with Crippen molar-refractivity contribution < 1.29 is 9.47 Å². The Morgan fingerprint density at radius 3 is 2.65 bits per heavy atom. The number of hydrogen-bond donors (Lipinski definition) is 2. The van der Waals surface area contributed by atoms with E-state index in [4.69, 9.17) is 21.1 Å². The number of anilines is 1. The van der Waals surface area contributed by atoms with Crippen molar-refractivity contribution in [3.05, 3.63) is 24.5 Å². The molecular formula is C11H12N4O2. The predicted octanol–water partition coefficient (Wildman–Crippen LogP) is 0.617. The first-order valence-corrected chi connectivity index (χ1v) is 5.23. The summed E-state index contributed by atoms with van der Waals surface area (Å²) in [5.74, 6) is 7.46. The lowest BCUT2D eigenvalue weighted by Crippen LogP contribution is -2.15. The van der Waals surface area contributed by atoms with E-state index in [1.807, 2.05) is 18.2 Å². The molecule has 0 saturated heterocycles. The van der Waals surface area contributed by atoms with Crippen LogP contribution < -0.4 is 21.1 Å². The van der Waals surface area contributed by atoms with Crippen LogP contribution in [0.25, 0.3) is 11.3 Å². The number of benzene rings is 1. The molecular weight excluding hydrogens is 220 g/mol. The third-order valence-electron chi connectivity index (χ3n) is 2.65. The summed E-state index contributed by atoms with van der Waals surface area (Å²) >= 11 is 0. The second-order valence-electron chi connectivity index (χ2n) is 3.74. The summed E-state index contributed by atoms with van der Waals surface area (Å²) in [6.45, 7) is 1.13. The Morgan fingerprint density at radius 2 is 1.94 bits per heavy atom. The minimum Gasteiger partial charge on any atom is -0.486 e. The SMILES string of the molecule is Nc1c(-c2ccc3c(c2)OCCO3)ncn1N. The van der Waals surface area contributed by atoms with Gasteiger partial charge in [0.15, 0.2) is 11.5 Å². The number of fused-ring (bicyclic) bond motifs is 1. The molecule has 1 aliphatic heterocycles. The van der Waals surface area contributed by atoms with Crippen LogP contribution in [-0.2, 0) is 0 Å². The van der Waals surface area contributed by atoms with Gasteiger partial charge in [-0.15, -0.1) is 0 Å². The zero-order valence-electron chi connectivity index (χ0n) is 9.09. The molecule has 0 fully saturated rings. The molecule has 0 atom stereocenters. The Hall–Kier alpha value is -2.37. The van der Waals surface area contributed by atoms with Gasteiger partial charge in [-0.1, -0.05) is 0 Å². The van der Waals surface area contributed by atoms with E-state index in [0.29, 0.717) is 30.5 Å². The largest absolute Gasteiger partial charge is 0.486 e. The molecule has 88 valence electrons. The van der Waals surface area contributed by atoms with Crippen LogP contribution in [-0.4, -0.2) is 22.9 Å². The molecule has 6 nitrogen and oxygen atoms in total. The molecule has 1 aromatic heterocycles. The quantitative estimate of drug-likeness (QED) is 0.703. The van der Waals surface area contributed by atoms with Crippen molar-refractivity contribution in [2.45, 2.75) is 0 Å². The van der Waals surface area contributed by atoms with E-state index >= 15 is 0 Å². The standard InChI is InChI=1S/C11H12N4O2/c12-11-10(14-6-15(11)13)7-1-2-8-9(5-7)17-4-3-16-8/h1-2,5-6H,3-4,12-13H2. The van der Waals surface area contributed by atoms with Crippen molar-refractivity contribution >= 4 is 5.82 Å². The van der Waals surface area contributed by atoms with E-state index in [9.17, 15) is 0 Å². The molecule has 0 aliphatic carbocycles. The Morgan fingerprint density at radius 1 is 1.18 bits per heavy atom. The van der Waals surface area contributed by atoms with Crippen molar-refractivity contribution in [2.24, 2.45) is 0 Å². The number of imidazole rings is 1. The lowest BCUT2D eigenvalue weighted by Gasteiger charge is -2.18. The van der Waals surface area contributed by atoms with Crippen LogP contribution in [0.5, 0.6) is 11.5 Å². The zero-order chi connectivity index (χ0) is 11.8. The van der Waals surface area contributed by atoms with Crippen molar-refractivity contribution in [3.8, 4) is 22.8 Å².